The Bertz CT molecular complexity index is 1100. The van der Waals surface area contributed by atoms with Gasteiger partial charge in [-0.2, -0.15) is 0 Å². The molecule has 31 heavy (non-hydrogen) atoms. The number of halogens is 2. The van der Waals surface area contributed by atoms with Gasteiger partial charge in [-0.05, 0) is 44.0 Å². The molecule has 0 unspecified atom stereocenters. The second kappa shape index (κ2) is 8.99. The summed E-state index contributed by atoms with van der Waals surface area (Å²) in [7, 11) is 0. The second-order valence-electron chi connectivity index (χ2n) is 7.61. The Morgan fingerprint density at radius 2 is 2.06 bits per heavy atom. The maximum Gasteiger partial charge on any atom is 0.234 e. The molecule has 1 fully saturated rings. The summed E-state index contributed by atoms with van der Waals surface area (Å²) in [5.74, 6) is -0.941. The third-order valence-electron chi connectivity index (χ3n) is 5.33. The molecule has 9 heteroatoms. The number of amides is 1. The first-order valence-corrected chi connectivity index (χ1v) is 10.2. The number of benzene rings is 2. The normalized spacial score (nSPS) is 17.2. The lowest BCUT2D eigenvalue weighted by molar-refractivity contribution is -0.119. The van der Waals surface area contributed by atoms with E-state index in [2.05, 4.69) is 10.3 Å². The molecule has 2 atom stereocenters. The number of hydrogen-bond acceptors (Lipinski definition) is 5. The molecule has 1 aliphatic rings. The van der Waals surface area contributed by atoms with Crippen LogP contribution in [0.15, 0.2) is 36.4 Å². The number of hydrogen-bond donors (Lipinski definition) is 2. The highest BCUT2D eigenvalue weighted by atomic mass is 19.2. The van der Waals surface area contributed by atoms with Crippen LogP contribution in [-0.2, 0) is 22.6 Å². The van der Waals surface area contributed by atoms with E-state index >= 15 is 0 Å². The quantitative estimate of drug-likeness (QED) is 0.573. The molecule has 0 bridgehead atoms. The van der Waals surface area contributed by atoms with Crippen LogP contribution in [0.3, 0.4) is 0 Å². The van der Waals surface area contributed by atoms with Crippen molar-refractivity contribution < 1.29 is 23.0 Å². The Morgan fingerprint density at radius 3 is 2.77 bits per heavy atom. The summed E-state index contributed by atoms with van der Waals surface area (Å²) in [6.45, 7) is 3.38. The molecule has 3 aromatic rings. The summed E-state index contributed by atoms with van der Waals surface area (Å²) < 4.78 is 40.3. The minimum absolute atomic E-state index is 0.0699. The Morgan fingerprint density at radius 1 is 1.29 bits per heavy atom. The van der Waals surface area contributed by atoms with Crippen LogP contribution in [-0.4, -0.2) is 34.2 Å². The van der Waals surface area contributed by atoms with Gasteiger partial charge in [0.1, 0.15) is 17.3 Å². The summed E-state index contributed by atoms with van der Waals surface area (Å²) in [5, 5.41) is 3.08. The highest BCUT2D eigenvalue weighted by Crippen LogP contribution is 2.28. The molecule has 3 N–H and O–H groups in total. The van der Waals surface area contributed by atoms with E-state index in [1.54, 1.807) is 25.1 Å². The SMILES string of the molecule is C[C@H](NCc1nc2ccc(Oc3ccc(F)c(F)c3)cc2n1C[C@H]1CCCO1)C(N)=O. The van der Waals surface area contributed by atoms with Gasteiger partial charge in [0.05, 0.1) is 36.3 Å². The molecule has 0 saturated carbocycles. The van der Waals surface area contributed by atoms with Gasteiger partial charge >= 0.3 is 0 Å². The molecule has 4 rings (SSSR count). The van der Waals surface area contributed by atoms with Crippen molar-refractivity contribution in [2.24, 2.45) is 5.73 Å². The first kappa shape index (κ1) is 21.2. The van der Waals surface area contributed by atoms with Crippen molar-refractivity contribution in [3.63, 3.8) is 0 Å². The van der Waals surface area contributed by atoms with Crippen LogP contribution >= 0.6 is 0 Å². The number of rotatable bonds is 8. The average molecular weight is 430 g/mol. The number of ether oxygens (including phenoxy) is 2. The molecule has 0 radical (unpaired) electrons. The Kier molecular flexibility index (Phi) is 6.15. The molecule has 164 valence electrons. The van der Waals surface area contributed by atoms with E-state index in [9.17, 15) is 13.6 Å². The predicted molar refractivity (Wildman–Crippen MR) is 111 cm³/mol. The van der Waals surface area contributed by atoms with Gasteiger partial charge < -0.3 is 19.8 Å². The highest BCUT2D eigenvalue weighted by molar-refractivity contribution is 5.79. The lowest BCUT2D eigenvalue weighted by atomic mass is 10.2. The number of carbonyl (C=O) groups excluding carboxylic acids is 1. The number of carbonyl (C=O) groups is 1. The van der Waals surface area contributed by atoms with Crippen LogP contribution in [0.2, 0.25) is 0 Å². The van der Waals surface area contributed by atoms with Crippen molar-refractivity contribution in [3.05, 3.63) is 53.9 Å². The van der Waals surface area contributed by atoms with Crippen LogP contribution in [0.25, 0.3) is 11.0 Å². The van der Waals surface area contributed by atoms with Crippen molar-refractivity contribution in [2.75, 3.05) is 6.61 Å². The fourth-order valence-corrected chi connectivity index (χ4v) is 3.57. The van der Waals surface area contributed by atoms with Crippen LogP contribution in [0.1, 0.15) is 25.6 Å². The second-order valence-corrected chi connectivity index (χ2v) is 7.61. The molecule has 2 heterocycles. The fourth-order valence-electron chi connectivity index (χ4n) is 3.57. The zero-order chi connectivity index (χ0) is 22.0. The van der Waals surface area contributed by atoms with Gasteiger partial charge in [0.25, 0.3) is 0 Å². The lowest BCUT2D eigenvalue weighted by Crippen LogP contribution is -2.38. The molecule has 1 aliphatic heterocycles. The monoisotopic (exact) mass is 430 g/mol. The smallest absolute Gasteiger partial charge is 0.234 e. The molecule has 1 saturated heterocycles. The Balaban J connectivity index is 1.64. The maximum atomic E-state index is 13.5. The first-order chi connectivity index (χ1) is 14.9. The average Bonchev–Trinajstić information content (AvgIpc) is 3.37. The zero-order valence-corrected chi connectivity index (χ0v) is 17.1. The third-order valence-corrected chi connectivity index (χ3v) is 5.33. The van der Waals surface area contributed by atoms with Gasteiger partial charge in [0.15, 0.2) is 11.6 Å². The predicted octanol–water partition coefficient (Wildman–Crippen LogP) is 3.25. The number of nitrogens with one attached hydrogen (secondary N) is 1. The third kappa shape index (κ3) is 4.83. The van der Waals surface area contributed by atoms with Crippen molar-refractivity contribution in [1.82, 2.24) is 14.9 Å². The number of nitrogens with zero attached hydrogens (tertiary/aromatic N) is 2. The van der Waals surface area contributed by atoms with Crippen molar-refractivity contribution in [1.29, 1.82) is 0 Å². The summed E-state index contributed by atoms with van der Waals surface area (Å²) in [4.78, 5) is 16.1. The highest BCUT2D eigenvalue weighted by Gasteiger charge is 2.21. The van der Waals surface area contributed by atoms with E-state index in [1.807, 2.05) is 4.57 Å². The topological polar surface area (TPSA) is 91.4 Å². The van der Waals surface area contributed by atoms with E-state index < -0.39 is 23.6 Å². The van der Waals surface area contributed by atoms with Crippen molar-refractivity contribution in [2.45, 2.75) is 45.0 Å². The summed E-state index contributed by atoms with van der Waals surface area (Å²) in [6.07, 6.45) is 2.03. The number of primary amides is 1. The minimum atomic E-state index is -0.973. The lowest BCUT2D eigenvalue weighted by Gasteiger charge is -2.16. The van der Waals surface area contributed by atoms with Crippen LogP contribution in [0.5, 0.6) is 11.5 Å². The summed E-state index contributed by atoms with van der Waals surface area (Å²) in [6, 6.07) is 8.22. The number of imidazole rings is 1. The minimum Gasteiger partial charge on any atom is -0.457 e. The van der Waals surface area contributed by atoms with Gasteiger partial charge in [-0.1, -0.05) is 0 Å². The van der Waals surface area contributed by atoms with E-state index in [4.69, 9.17) is 15.2 Å². The number of aromatic nitrogens is 2. The molecular weight excluding hydrogens is 406 g/mol. The molecule has 1 aromatic heterocycles. The maximum absolute atomic E-state index is 13.5. The van der Waals surface area contributed by atoms with Crippen LogP contribution in [0, 0.1) is 11.6 Å². The van der Waals surface area contributed by atoms with E-state index in [0.717, 1.165) is 48.4 Å². The Labute approximate surface area is 178 Å². The van der Waals surface area contributed by atoms with E-state index in [1.165, 1.54) is 6.07 Å². The van der Waals surface area contributed by atoms with Crippen LogP contribution in [0.4, 0.5) is 8.78 Å². The van der Waals surface area contributed by atoms with Gasteiger partial charge in [0, 0.05) is 18.7 Å². The summed E-state index contributed by atoms with van der Waals surface area (Å²) >= 11 is 0. The number of fused-ring (bicyclic) bond motifs is 1. The molecule has 2 aromatic carbocycles. The first-order valence-electron chi connectivity index (χ1n) is 10.2. The van der Waals surface area contributed by atoms with Gasteiger partial charge in [-0.25, -0.2) is 13.8 Å². The molecule has 7 nitrogen and oxygen atoms in total. The van der Waals surface area contributed by atoms with Crippen molar-refractivity contribution in [3.8, 4) is 11.5 Å². The van der Waals surface area contributed by atoms with Crippen molar-refractivity contribution >= 4 is 16.9 Å². The van der Waals surface area contributed by atoms with Gasteiger partial charge in [-0.15, -0.1) is 0 Å². The standard InChI is InChI=1S/C22H24F2N4O3/c1-13(22(25)29)26-11-21-27-19-7-5-15(31-14-4-6-17(23)18(24)9-14)10-20(19)28(21)12-16-3-2-8-30-16/h4-7,9-10,13,16,26H,2-3,8,11-12H2,1H3,(H2,25,29)/t13-,16+/m0/s1. The van der Waals surface area contributed by atoms with Gasteiger partial charge in [0.2, 0.25) is 5.91 Å². The van der Waals surface area contributed by atoms with Crippen LogP contribution < -0.4 is 15.8 Å². The largest absolute Gasteiger partial charge is 0.457 e. The van der Waals surface area contributed by atoms with E-state index in [0.29, 0.717) is 18.8 Å². The number of nitrogens with two attached hydrogens (primary N) is 1. The molecule has 0 spiro atoms. The molecule has 0 aliphatic carbocycles. The zero-order valence-electron chi connectivity index (χ0n) is 17.1. The Hall–Kier alpha value is -3.04. The molecular formula is C22H24F2N4O3. The summed E-state index contributed by atoms with van der Waals surface area (Å²) in [5.41, 5.74) is 6.91. The molecule has 1 amide bonds. The van der Waals surface area contributed by atoms with E-state index in [-0.39, 0.29) is 11.9 Å². The van der Waals surface area contributed by atoms with Gasteiger partial charge in [-0.3, -0.25) is 10.1 Å². The fraction of sp³-hybridized carbons (Fsp3) is 0.364.